The Morgan fingerprint density at radius 3 is 2.68 bits per heavy atom. The number of aliphatic hydroxyl groups is 1. The average molecular weight is 265 g/mol. The van der Waals surface area contributed by atoms with Crippen LogP contribution in [0.2, 0.25) is 0 Å². The van der Waals surface area contributed by atoms with Gasteiger partial charge in [0.25, 0.3) is 0 Å². The van der Waals surface area contributed by atoms with E-state index in [2.05, 4.69) is 5.32 Å². The summed E-state index contributed by atoms with van der Waals surface area (Å²) in [6.45, 7) is 1.70. The van der Waals surface area contributed by atoms with Crippen molar-refractivity contribution in [1.29, 1.82) is 0 Å². The Labute approximate surface area is 112 Å². The second kappa shape index (κ2) is 5.88. The van der Waals surface area contributed by atoms with E-state index in [4.69, 9.17) is 5.11 Å². The fourth-order valence-electron chi connectivity index (χ4n) is 2.54. The molecule has 2 rings (SSSR count). The van der Waals surface area contributed by atoms with Crippen molar-refractivity contribution >= 4 is 17.1 Å². The molecule has 1 heterocycles. The molecule has 1 aliphatic rings. The number of nitro groups is 1. The van der Waals surface area contributed by atoms with Crippen LogP contribution < -0.4 is 10.2 Å². The Kier molecular flexibility index (Phi) is 4.21. The molecule has 6 nitrogen and oxygen atoms in total. The Bertz CT molecular complexity index is 456. The molecule has 0 aliphatic carbocycles. The first-order valence-corrected chi connectivity index (χ1v) is 6.48. The first-order valence-electron chi connectivity index (χ1n) is 6.48. The third kappa shape index (κ3) is 2.78. The highest BCUT2D eigenvalue weighted by Gasteiger charge is 2.26. The van der Waals surface area contributed by atoms with Gasteiger partial charge in [0.05, 0.1) is 4.92 Å². The number of benzene rings is 1. The van der Waals surface area contributed by atoms with Crippen LogP contribution in [0.3, 0.4) is 0 Å². The van der Waals surface area contributed by atoms with Crippen molar-refractivity contribution in [2.24, 2.45) is 5.92 Å². The van der Waals surface area contributed by atoms with Crippen LogP contribution in [0.5, 0.6) is 0 Å². The van der Waals surface area contributed by atoms with E-state index in [1.165, 1.54) is 0 Å². The number of nitro benzene ring substituents is 1. The van der Waals surface area contributed by atoms with Crippen molar-refractivity contribution in [2.75, 3.05) is 37.0 Å². The zero-order chi connectivity index (χ0) is 13.8. The zero-order valence-corrected chi connectivity index (χ0v) is 11.0. The molecule has 0 atom stereocenters. The van der Waals surface area contributed by atoms with Crippen molar-refractivity contribution in [1.82, 2.24) is 0 Å². The van der Waals surface area contributed by atoms with E-state index in [1.54, 1.807) is 19.2 Å². The summed E-state index contributed by atoms with van der Waals surface area (Å²) in [4.78, 5) is 13.0. The van der Waals surface area contributed by atoms with Crippen LogP contribution in [0.15, 0.2) is 18.2 Å². The van der Waals surface area contributed by atoms with Crippen LogP contribution in [-0.2, 0) is 0 Å². The molecular weight excluding hydrogens is 246 g/mol. The monoisotopic (exact) mass is 265 g/mol. The van der Waals surface area contributed by atoms with E-state index in [9.17, 15) is 10.1 Å². The lowest BCUT2D eigenvalue weighted by molar-refractivity contribution is -0.383. The number of para-hydroxylation sites is 1. The minimum atomic E-state index is -0.334. The summed E-state index contributed by atoms with van der Waals surface area (Å²) in [6, 6.07) is 5.33. The first-order chi connectivity index (χ1) is 9.17. The van der Waals surface area contributed by atoms with Gasteiger partial charge in [0.15, 0.2) is 0 Å². The van der Waals surface area contributed by atoms with E-state index in [-0.39, 0.29) is 17.2 Å². The quantitative estimate of drug-likeness (QED) is 0.641. The SMILES string of the molecule is CNc1cccc(N2CCC(CO)CC2)c1[N+](=O)[O-]. The fourth-order valence-corrected chi connectivity index (χ4v) is 2.54. The maximum atomic E-state index is 11.3. The van der Waals surface area contributed by atoms with Gasteiger partial charge in [-0.3, -0.25) is 10.1 Å². The maximum Gasteiger partial charge on any atom is 0.315 e. The van der Waals surface area contributed by atoms with E-state index in [0.717, 1.165) is 25.9 Å². The van der Waals surface area contributed by atoms with Gasteiger partial charge >= 0.3 is 5.69 Å². The maximum absolute atomic E-state index is 11.3. The number of hydrogen-bond acceptors (Lipinski definition) is 5. The van der Waals surface area contributed by atoms with Crippen LogP contribution >= 0.6 is 0 Å². The average Bonchev–Trinajstić information content (AvgIpc) is 2.46. The molecule has 1 fully saturated rings. The van der Waals surface area contributed by atoms with Gasteiger partial charge in [0.1, 0.15) is 11.4 Å². The number of rotatable bonds is 4. The number of piperidine rings is 1. The van der Waals surface area contributed by atoms with Crippen molar-refractivity contribution in [3.05, 3.63) is 28.3 Å². The van der Waals surface area contributed by atoms with Crippen LogP contribution in [0, 0.1) is 16.0 Å². The predicted octanol–water partition coefficient (Wildman–Crippen LogP) is 1.85. The highest BCUT2D eigenvalue weighted by atomic mass is 16.6. The Morgan fingerprint density at radius 2 is 2.16 bits per heavy atom. The lowest BCUT2D eigenvalue weighted by Crippen LogP contribution is -2.35. The van der Waals surface area contributed by atoms with Gasteiger partial charge in [0, 0.05) is 26.7 Å². The highest BCUT2D eigenvalue weighted by Crippen LogP contribution is 2.36. The standard InChI is InChI=1S/C13H19N3O3/c1-14-11-3-2-4-12(13(11)16(18)19)15-7-5-10(9-17)6-8-15/h2-4,10,14,17H,5-9H2,1H3. The number of nitrogens with zero attached hydrogens (tertiary/aromatic N) is 2. The normalized spacial score (nSPS) is 16.4. The molecule has 19 heavy (non-hydrogen) atoms. The largest absolute Gasteiger partial charge is 0.396 e. The van der Waals surface area contributed by atoms with Crippen molar-refractivity contribution in [3.8, 4) is 0 Å². The highest BCUT2D eigenvalue weighted by molar-refractivity contribution is 5.77. The minimum absolute atomic E-state index is 0.132. The molecule has 0 saturated carbocycles. The lowest BCUT2D eigenvalue weighted by atomic mass is 9.97. The van der Waals surface area contributed by atoms with Crippen LogP contribution in [0.1, 0.15) is 12.8 Å². The Morgan fingerprint density at radius 1 is 1.47 bits per heavy atom. The Balaban J connectivity index is 2.27. The smallest absolute Gasteiger partial charge is 0.315 e. The molecule has 0 radical (unpaired) electrons. The van der Waals surface area contributed by atoms with Gasteiger partial charge in [-0.05, 0) is 30.9 Å². The molecule has 2 N–H and O–H groups in total. The van der Waals surface area contributed by atoms with E-state index < -0.39 is 0 Å². The van der Waals surface area contributed by atoms with Gasteiger partial charge in [-0.15, -0.1) is 0 Å². The number of nitrogens with one attached hydrogen (secondary N) is 1. The minimum Gasteiger partial charge on any atom is -0.396 e. The third-order valence-corrected chi connectivity index (χ3v) is 3.68. The number of hydrogen-bond donors (Lipinski definition) is 2. The summed E-state index contributed by atoms with van der Waals surface area (Å²) in [5, 5.41) is 23.3. The van der Waals surface area contributed by atoms with Gasteiger partial charge in [0.2, 0.25) is 0 Å². The summed E-state index contributed by atoms with van der Waals surface area (Å²) in [5.41, 5.74) is 1.33. The fraction of sp³-hybridized carbons (Fsp3) is 0.538. The molecule has 0 unspecified atom stereocenters. The second-order valence-electron chi connectivity index (χ2n) is 4.79. The van der Waals surface area contributed by atoms with E-state index in [0.29, 0.717) is 17.3 Å². The summed E-state index contributed by atoms with van der Waals surface area (Å²) < 4.78 is 0. The number of aliphatic hydroxyl groups excluding tert-OH is 1. The topological polar surface area (TPSA) is 78.6 Å². The molecule has 0 amide bonds. The van der Waals surface area contributed by atoms with E-state index >= 15 is 0 Å². The van der Waals surface area contributed by atoms with Gasteiger partial charge in [-0.25, -0.2) is 0 Å². The summed E-state index contributed by atoms with van der Waals surface area (Å²) in [6.07, 6.45) is 1.74. The summed E-state index contributed by atoms with van der Waals surface area (Å²) in [7, 11) is 1.68. The van der Waals surface area contributed by atoms with Gasteiger partial charge < -0.3 is 15.3 Å². The molecule has 1 aliphatic heterocycles. The predicted molar refractivity (Wildman–Crippen MR) is 74.7 cm³/mol. The lowest BCUT2D eigenvalue weighted by Gasteiger charge is -2.32. The molecule has 0 aromatic heterocycles. The van der Waals surface area contributed by atoms with Crippen molar-refractivity contribution in [2.45, 2.75) is 12.8 Å². The zero-order valence-electron chi connectivity index (χ0n) is 11.0. The molecular formula is C13H19N3O3. The molecule has 0 bridgehead atoms. The van der Waals surface area contributed by atoms with Gasteiger partial charge in [-0.1, -0.05) is 6.07 Å². The second-order valence-corrected chi connectivity index (χ2v) is 4.79. The molecule has 1 aromatic carbocycles. The number of anilines is 2. The third-order valence-electron chi connectivity index (χ3n) is 3.68. The van der Waals surface area contributed by atoms with E-state index in [1.807, 2.05) is 11.0 Å². The van der Waals surface area contributed by atoms with Gasteiger partial charge in [-0.2, -0.15) is 0 Å². The summed E-state index contributed by atoms with van der Waals surface area (Å²) in [5.74, 6) is 0.322. The summed E-state index contributed by atoms with van der Waals surface area (Å²) >= 11 is 0. The Hall–Kier alpha value is -1.82. The molecule has 1 saturated heterocycles. The molecule has 104 valence electrons. The van der Waals surface area contributed by atoms with Crippen LogP contribution in [-0.4, -0.2) is 36.8 Å². The molecule has 0 spiro atoms. The molecule has 6 heteroatoms. The molecule has 1 aromatic rings. The van der Waals surface area contributed by atoms with Crippen LogP contribution in [0.25, 0.3) is 0 Å². The first kappa shape index (κ1) is 13.6. The van der Waals surface area contributed by atoms with Crippen LogP contribution in [0.4, 0.5) is 17.1 Å². The van der Waals surface area contributed by atoms with Crippen molar-refractivity contribution < 1.29 is 10.0 Å². The van der Waals surface area contributed by atoms with Crippen molar-refractivity contribution in [3.63, 3.8) is 0 Å².